The second kappa shape index (κ2) is 2.94. The first-order chi connectivity index (χ1) is 6.59. The van der Waals surface area contributed by atoms with E-state index in [4.69, 9.17) is 4.74 Å². The predicted molar refractivity (Wildman–Crippen MR) is 45.0 cm³/mol. The molecule has 1 aliphatic heterocycles. The first-order valence-electron chi connectivity index (χ1n) is 4.35. The van der Waals surface area contributed by atoms with Gasteiger partial charge in [0.05, 0.1) is 5.57 Å². The number of carbonyl (C=O) groups is 3. The van der Waals surface area contributed by atoms with Crippen molar-refractivity contribution in [2.45, 2.75) is 25.9 Å². The predicted octanol–water partition coefficient (Wildman–Crippen LogP) is -0.335. The molecule has 0 radical (unpaired) electrons. The molecule has 0 fully saturated rings. The van der Waals surface area contributed by atoms with Crippen LogP contribution in [0.4, 0.5) is 0 Å². The maximum atomic E-state index is 11.3. The molecule has 0 saturated heterocycles. The summed E-state index contributed by atoms with van der Waals surface area (Å²) in [5, 5.41) is 2.18. The number of carbonyl (C=O) groups excluding carboxylic acids is 3. The van der Waals surface area contributed by atoms with Gasteiger partial charge in [-0.1, -0.05) is 0 Å². The molecule has 0 aromatic rings. The number of hydrogen-bond acceptors (Lipinski definition) is 4. The summed E-state index contributed by atoms with van der Waals surface area (Å²) in [5.74, 6) is -1.20. The Labute approximate surface area is 80.1 Å². The van der Waals surface area contributed by atoms with Gasteiger partial charge in [0.15, 0.2) is 0 Å². The molecule has 0 aromatic heterocycles. The van der Waals surface area contributed by atoms with Gasteiger partial charge in [0.25, 0.3) is 11.8 Å². The van der Waals surface area contributed by atoms with E-state index in [0.29, 0.717) is 24.0 Å². The molecule has 1 aliphatic carbocycles. The Morgan fingerprint density at radius 1 is 1.43 bits per heavy atom. The summed E-state index contributed by atoms with van der Waals surface area (Å²) in [6.45, 7) is 1.28. The smallest absolute Gasteiger partial charge is 0.303 e. The molecule has 14 heavy (non-hydrogen) atoms. The van der Waals surface area contributed by atoms with Gasteiger partial charge in [0.2, 0.25) is 0 Å². The van der Waals surface area contributed by atoms with E-state index < -0.39 is 18.0 Å². The Balaban J connectivity index is 2.25. The molecule has 1 N–H and O–H groups in total. The van der Waals surface area contributed by atoms with Crippen LogP contribution in [0.5, 0.6) is 0 Å². The fourth-order valence-corrected chi connectivity index (χ4v) is 1.83. The highest BCUT2D eigenvalue weighted by Gasteiger charge is 2.41. The highest BCUT2D eigenvalue weighted by Crippen LogP contribution is 2.32. The molecule has 5 heteroatoms. The van der Waals surface area contributed by atoms with Gasteiger partial charge in [0.1, 0.15) is 6.10 Å². The molecule has 2 amide bonds. The fraction of sp³-hybridized carbons (Fsp3) is 0.444. The lowest BCUT2D eigenvalue weighted by Gasteiger charge is -2.11. The molecule has 2 aliphatic rings. The van der Waals surface area contributed by atoms with Crippen molar-refractivity contribution in [3.63, 3.8) is 0 Å². The summed E-state index contributed by atoms with van der Waals surface area (Å²) in [6.07, 6.45) is 0.503. The molecule has 0 saturated carbocycles. The molecular formula is C9H9NO4. The van der Waals surface area contributed by atoms with Crippen molar-refractivity contribution < 1.29 is 19.1 Å². The molecule has 0 spiro atoms. The number of hydrogen-bond donors (Lipinski definition) is 1. The number of esters is 1. The van der Waals surface area contributed by atoms with Crippen LogP contribution in [0.3, 0.4) is 0 Å². The number of nitrogens with one attached hydrogen (secondary N) is 1. The molecule has 5 nitrogen and oxygen atoms in total. The van der Waals surface area contributed by atoms with Gasteiger partial charge in [-0.25, -0.2) is 0 Å². The average Bonchev–Trinajstić information content (AvgIpc) is 2.56. The highest BCUT2D eigenvalue weighted by molar-refractivity contribution is 6.20. The third-order valence-electron chi connectivity index (χ3n) is 2.36. The molecule has 74 valence electrons. The maximum absolute atomic E-state index is 11.3. The Morgan fingerprint density at radius 2 is 2.14 bits per heavy atom. The van der Waals surface area contributed by atoms with Crippen LogP contribution in [-0.2, 0) is 19.1 Å². The quantitative estimate of drug-likeness (QED) is 0.459. The van der Waals surface area contributed by atoms with Gasteiger partial charge in [0, 0.05) is 12.5 Å². The monoisotopic (exact) mass is 195 g/mol. The molecular weight excluding hydrogens is 186 g/mol. The number of imide groups is 1. The summed E-state index contributed by atoms with van der Waals surface area (Å²) in [6, 6.07) is 0. The van der Waals surface area contributed by atoms with Crippen LogP contribution >= 0.6 is 0 Å². The topological polar surface area (TPSA) is 72.5 Å². The van der Waals surface area contributed by atoms with Crippen molar-refractivity contribution >= 4 is 17.8 Å². The lowest BCUT2D eigenvalue weighted by Crippen LogP contribution is -2.29. The molecule has 0 unspecified atom stereocenters. The van der Waals surface area contributed by atoms with Crippen molar-refractivity contribution in [1.82, 2.24) is 5.32 Å². The fourth-order valence-electron chi connectivity index (χ4n) is 1.83. The van der Waals surface area contributed by atoms with Crippen molar-refractivity contribution in [3.8, 4) is 0 Å². The van der Waals surface area contributed by atoms with E-state index in [1.807, 2.05) is 0 Å². The maximum Gasteiger partial charge on any atom is 0.303 e. The standard InChI is InChI=1S/C9H9NO4/c1-4(11)14-6-3-2-5-7(6)9(13)10-8(5)12/h6H,2-3H2,1H3,(H,10,12,13)/t6-/m0/s1. The Morgan fingerprint density at radius 3 is 2.79 bits per heavy atom. The first-order valence-corrected chi connectivity index (χ1v) is 4.35. The average molecular weight is 195 g/mol. The second-order valence-corrected chi connectivity index (χ2v) is 3.31. The minimum atomic E-state index is -0.533. The van der Waals surface area contributed by atoms with Gasteiger partial charge < -0.3 is 4.74 Å². The molecule has 2 rings (SSSR count). The van der Waals surface area contributed by atoms with Crippen molar-refractivity contribution in [1.29, 1.82) is 0 Å². The van der Waals surface area contributed by atoms with Gasteiger partial charge in [-0.3, -0.25) is 19.7 Å². The van der Waals surface area contributed by atoms with Gasteiger partial charge in [-0.2, -0.15) is 0 Å². The SMILES string of the molecule is CC(=O)O[C@H]1CCC2=C1C(=O)NC2=O. The van der Waals surface area contributed by atoms with Crippen molar-refractivity contribution in [2.75, 3.05) is 0 Å². The minimum absolute atomic E-state index is 0.338. The van der Waals surface area contributed by atoms with E-state index in [1.165, 1.54) is 6.92 Å². The van der Waals surface area contributed by atoms with Gasteiger partial charge >= 0.3 is 5.97 Å². The minimum Gasteiger partial charge on any atom is -0.457 e. The third kappa shape index (κ3) is 1.21. The largest absolute Gasteiger partial charge is 0.457 e. The van der Waals surface area contributed by atoms with E-state index in [0.717, 1.165) is 0 Å². The zero-order chi connectivity index (χ0) is 10.3. The highest BCUT2D eigenvalue weighted by atomic mass is 16.5. The second-order valence-electron chi connectivity index (χ2n) is 3.31. The zero-order valence-corrected chi connectivity index (χ0v) is 7.62. The first kappa shape index (κ1) is 8.93. The van der Waals surface area contributed by atoms with Crippen LogP contribution in [0.25, 0.3) is 0 Å². The van der Waals surface area contributed by atoms with Crippen LogP contribution in [0.15, 0.2) is 11.1 Å². The van der Waals surface area contributed by atoms with Crippen LogP contribution in [0.2, 0.25) is 0 Å². The Kier molecular flexibility index (Phi) is 1.87. The van der Waals surface area contributed by atoms with Gasteiger partial charge in [-0.15, -0.1) is 0 Å². The summed E-state index contributed by atoms with van der Waals surface area (Å²) >= 11 is 0. The summed E-state index contributed by atoms with van der Waals surface area (Å²) < 4.78 is 4.93. The van der Waals surface area contributed by atoms with Crippen molar-refractivity contribution in [2.24, 2.45) is 0 Å². The molecule has 0 bridgehead atoms. The lowest BCUT2D eigenvalue weighted by molar-refractivity contribution is -0.144. The van der Waals surface area contributed by atoms with Crippen molar-refractivity contribution in [3.05, 3.63) is 11.1 Å². The van der Waals surface area contributed by atoms with E-state index in [1.54, 1.807) is 0 Å². The third-order valence-corrected chi connectivity index (χ3v) is 2.36. The van der Waals surface area contributed by atoms with E-state index in [2.05, 4.69) is 5.32 Å². The number of ether oxygens (including phenoxy) is 1. The summed E-state index contributed by atoms with van der Waals surface area (Å²) in [5.41, 5.74) is 0.812. The summed E-state index contributed by atoms with van der Waals surface area (Å²) in [7, 11) is 0. The normalized spacial score (nSPS) is 25.1. The van der Waals surface area contributed by atoms with Crippen LogP contribution < -0.4 is 5.32 Å². The zero-order valence-electron chi connectivity index (χ0n) is 7.62. The molecule has 1 heterocycles. The van der Waals surface area contributed by atoms with E-state index >= 15 is 0 Å². The van der Waals surface area contributed by atoms with Crippen LogP contribution in [0, 0.1) is 0 Å². The van der Waals surface area contributed by atoms with Crippen LogP contribution in [-0.4, -0.2) is 23.9 Å². The Hall–Kier alpha value is -1.65. The number of amides is 2. The summed E-state index contributed by atoms with van der Waals surface area (Å²) in [4.78, 5) is 33.2. The Bertz CT molecular complexity index is 369. The lowest BCUT2D eigenvalue weighted by atomic mass is 10.1. The number of rotatable bonds is 1. The van der Waals surface area contributed by atoms with E-state index in [-0.39, 0.29) is 5.91 Å². The molecule has 1 atom stereocenters. The van der Waals surface area contributed by atoms with E-state index in [9.17, 15) is 14.4 Å². The van der Waals surface area contributed by atoms with Crippen LogP contribution in [0.1, 0.15) is 19.8 Å². The molecule has 0 aromatic carbocycles. The van der Waals surface area contributed by atoms with Gasteiger partial charge in [-0.05, 0) is 12.8 Å².